The molecule has 1 aromatic carbocycles. The molecule has 104 valence electrons. The van der Waals surface area contributed by atoms with Crippen molar-refractivity contribution in [2.45, 2.75) is 13.5 Å². The second kappa shape index (κ2) is 5.47. The molecule has 0 radical (unpaired) electrons. The predicted molar refractivity (Wildman–Crippen MR) is 69.3 cm³/mol. The van der Waals surface area contributed by atoms with Crippen molar-refractivity contribution in [3.63, 3.8) is 0 Å². The number of nitrogens with zero attached hydrogens (tertiary/aromatic N) is 3. The molecule has 2 aromatic rings. The van der Waals surface area contributed by atoms with Crippen LogP contribution in [0.4, 0.5) is 5.69 Å². The van der Waals surface area contributed by atoms with Gasteiger partial charge in [-0.25, -0.2) is 4.98 Å². The molecular weight excluding hydrogens is 266 g/mol. The monoisotopic (exact) mass is 277 g/mol. The summed E-state index contributed by atoms with van der Waals surface area (Å²) in [5.41, 5.74) is -0.0900. The zero-order valence-corrected chi connectivity index (χ0v) is 10.6. The van der Waals surface area contributed by atoms with E-state index >= 15 is 0 Å². The van der Waals surface area contributed by atoms with Gasteiger partial charge in [-0.15, -0.1) is 0 Å². The minimum absolute atomic E-state index is 0.178. The predicted octanol–water partition coefficient (Wildman–Crippen LogP) is 0.868. The number of fused-ring (bicyclic) bond motifs is 1. The van der Waals surface area contributed by atoms with Gasteiger partial charge in [-0.05, 0) is 13.0 Å². The topological polar surface area (TPSA) is 104 Å². The quantitative estimate of drug-likeness (QED) is 0.466. The van der Waals surface area contributed by atoms with Gasteiger partial charge in [0.05, 0.1) is 28.8 Å². The number of nitro groups is 1. The highest BCUT2D eigenvalue weighted by Crippen LogP contribution is 2.18. The molecule has 1 aromatic heterocycles. The fourth-order valence-electron chi connectivity index (χ4n) is 1.76. The summed E-state index contributed by atoms with van der Waals surface area (Å²) in [6, 6.07) is 3.92. The van der Waals surface area contributed by atoms with Crippen LogP contribution in [0.25, 0.3) is 11.0 Å². The first-order valence-corrected chi connectivity index (χ1v) is 5.82. The Balaban J connectivity index is 2.58. The Morgan fingerprint density at radius 2 is 2.25 bits per heavy atom. The van der Waals surface area contributed by atoms with Crippen molar-refractivity contribution >= 4 is 22.7 Å². The van der Waals surface area contributed by atoms with Crippen LogP contribution in [-0.2, 0) is 16.1 Å². The molecule has 2 rings (SSSR count). The Morgan fingerprint density at radius 3 is 2.90 bits per heavy atom. The molecule has 0 atom stereocenters. The van der Waals surface area contributed by atoms with Crippen LogP contribution in [0, 0.1) is 10.1 Å². The Hall–Kier alpha value is -2.77. The van der Waals surface area contributed by atoms with Crippen LogP contribution in [0.5, 0.6) is 0 Å². The number of benzene rings is 1. The molecule has 0 N–H and O–H groups in total. The normalized spacial score (nSPS) is 10.4. The third-order valence-electron chi connectivity index (χ3n) is 2.63. The molecule has 8 heteroatoms. The molecule has 1 heterocycles. The Morgan fingerprint density at radius 1 is 1.50 bits per heavy atom. The fourth-order valence-corrected chi connectivity index (χ4v) is 1.76. The van der Waals surface area contributed by atoms with E-state index in [-0.39, 0.29) is 24.4 Å². The van der Waals surface area contributed by atoms with E-state index in [0.717, 1.165) is 10.8 Å². The maximum absolute atomic E-state index is 11.8. The number of rotatable bonds is 4. The SMILES string of the molecule is CCOC(=O)Cn1c(=O)cnc2ccc([N+](=O)[O-])cc21. The molecule has 0 amide bonds. The molecular formula is C12H11N3O5. The van der Waals surface area contributed by atoms with Gasteiger partial charge in [0.15, 0.2) is 0 Å². The average molecular weight is 277 g/mol. The first-order valence-electron chi connectivity index (χ1n) is 5.82. The van der Waals surface area contributed by atoms with Crippen molar-refractivity contribution in [3.8, 4) is 0 Å². The Labute approximate surface area is 112 Å². The van der Waals surface area contributed by atoms with Gasteiger partial charge in [0, 0.05) is 12.1 Å². The van der Waals surface area contributed by atoms with Crippen LogP contribution >= 0.6 is 0 Å². The van der Waals surface area contributed by atoms with E-state index in [2.05, 4.69) is 4.98 Å². The largest absolute Gasteiger partial charge is 0.465 e. The number of carbonyl (C=O) groups excluding carboxylic acids is 1. The summed E-state index contributed by atoms with van der Waals surface area (Å²) in [4.78, 5) is 37.3. The van der Waals surface area contributed by atoms with Crippen LogP contribution in [0.15, 0.2) is 29.2 Å². The minimum Gasteiger partial charge on any atom is -0.465 e. The summed E-state index contributed by atoms with van der Waals surface area (Å²) in [6.07, 6.45) is 1.06. The van der Waals surface area contributed by atoms with Gasteiger partial charge in [-0.1, -0.05) is 0 Å². The fraction of sp³-hybridized carbons (Fsp3) is 0.250. The molecule has 0 aliphatic heterocycles. The van der Waals surface area contributed by atoms with E-state index in [1.165, 1.54) is 18.2 Å². The molecule has 20 heavy (non-hydrogen) atoms. The lowest BCUT2D eigenvalue weighted by atomic mass is 10.2. The summed E-state index contributed by atoms with van der Waals surface area (Å²) < 4.78 is 5.88. The highest BCUT2D eigenvalue weighted by molar-refractivity contribution is 5.79. The van der Waals surface area contributed by atoms with Crippen LogP contribution < -0.4 is 5.56 Å². The Kier molecular flexibility index (Phi) is 3.74. The van der Waals surface area contributed by atoms with Gasteiger partial charge in [-0.2, -0.15) is 0 Å². The van der Waals surface area contributed by atoms with Crippen molar-refractivity contribution < 1.29 is 14.5 Å². The number of hydrogen-bond donors (Lipinski definition) is 0. The van der Waals surface area contributed by atoms with Crippen molar-refractivity contribution in [1.82, 2.24) is 9.55 Å². The van der Waals surface area contributed by atoms with E-state index in [1.807, 2.05) is 0 Å². The average Bonchev–Trinajstić information content (AvgIpc) is 2.41. The van der Waals surface area contributed by atoms with Gasteiger partial charge < -0.3 is 4.74 Å². The third kappa shape index (κ3) is 2.63. The number of ether oxygens (including phenoxy) is 1. The molecule has 0 unspecified atom stereocenters. The number of non-ortho nitro benzene ring substituents is 1. The molecule has 0 saturated heterocycles. The van der Waals surface area contributed by atoms with Gasteiger partial charge in [0.2, 0.25) is 0 Å². The van der Waals surface area contributed by atoms with Gasteiger partial charge in [-0.3, -0.25) is 24.3 Å². The molecule has 8 nitrogen and oxygen atoms in total. The summed E-state index contributed by atoms with van der Waals surface area (Å²) in [7, 11) is 0. The maximum Gasteiger partial charge on any atom is 0.326 e. The van der Waals surface area contributed by atoms with E-state index in [1.54, 1.807) is 6.92 Å². The van der Waals surface area contributed by atoms with Crippen LogP contribution in [-0.4, -0.2) is 27.1 Å². The van der Waals surface area contributed by atoms with E-state index in [4.69, 9.17) is 4.74 Å². The molecule has 0 saturated carbocycles. The second-order valence-electron chi connectivity index (χ2n) is 3.92. The zero-order valence-electron chi connectivity index (χ0n) is 10.6. The molecule has 0 aliphatic carbocycles. The number of nitro benzene ring substituents is 1. The van der Waals surface area contributed by atoms with Crippen molar-refractivity contribution in [2.24, 2.45) is 0 Å². The minimum atomic E-state index is -0.589. The Bertz CT molecular complexity index is 737. The molecule has 0 bridgehead atoms. The summed E-state index contributed by atoms with van der Waals surface area (Å²) in [5, 5.41) is 10.8. The lowest BCUT2D eigenvalue weighted by molar-refractivity contribution is -0.384. The van der Waals surface area contributed by atoms with Crippen LogP contribution in [0.1, 0.15) is 6.92 Å². The lowest BCUT2D eigenvalue weighted by Crippen LogP contribution is -2.25. The first kappa shape index (κ1) is 13.7. The number of carbonyl (C=O) groups is 1. The van der Waals surface area contributed by atoms with E-state index in [9.17, 15) is 19.7 Å². The van der Waals surface area contributed by atoms with Crippen molar-refractivity contribution in [1.29, 1.82) is 0 Å². The van der Waals surface area contributed by atoms with Gasteiger partial charge in [0.25, 0.3) is 11.2 Å². The van der Waals surface area contributed by atoms with Crippen molar-refractivity contribution in [3.05, 3.63) is 44.9 Å². The summed E-state index contributed by atoms with van der Waals surface area (Å²) >= 11 is 0. The van der Waals surface area contributed by atoms with Gasteiger partial charge >= 0.3 is 5.97 Å². The van der Waals surface area contributed by atoms with Crippen LogP contribution in [0.3, 0.4) is 0 Å². The standard InChI is InChI=1S/C12H11N3O5/c1-2-20-12(17)7-14-10-5-8(15(18)19)3-4-9(10)13-6-11(14)16/h3-6H,2,7H2,1H3. The lowest BCUT2D eigenvalue weighted by Gasteiger charge is -2.08. The van der Waals surface area contributed by atoms with Gasteiger partial charge in [0.1, 0.15) is 6.54 Å². The highest BCUT2D eigenvalue weighted by atomic mass is 16.6. The zero-order chi connectivity index (χ0) is 14.7. The number of aromatic nitrogens is 2. The third-order valence-corrected chi connectivity index (χ3v) is 2.63. The van der Waals surface area contributed by atoms with Crippen LogP contribution in [0.2, 0.25) is 0 Å². The molecule has 0 aliphatic rings. The van der Waals surface area contributed by atoms with E-state index < -0.39 is 16.5 Å². The molecule has 0 fully saturated rings. The maximum atomic E-state index is 11.8. The first-order chi connectivity index (χ1) is 9.52. The summed E-state index contributed by atoms with van der Waals surface area (Å²) in [6.45, 7) is 1.53. The second-order valence-corrected chi connectivity index (χ2v) is 3.92. The smallest absolute Gasteiger partial charge is 0.326 e. The summed E-state index contributed by atoms with van der Waals surface area (Å²) in [5.74, 6) is -0.589. The highest BCUT2D eigenvalue weighted by Gasteiger charge is 2.13. The molecule has 0 spiro atoms. The number of esters is 1. The van der Waals surface area contributed by atoms with Crippen molar-refractivity contribution in [2.75, 3.05) is 6.61 Å². The number of hydrogen-bond acceptors (Lipinski definition) is 6. The van der Waals surface area contributed by atoms with E-state index in [0.29, 0.717) is 5.52 Å².